The van der Waals surface area contributed by atoms with E-state index in [0.29, 0.717) is 5.69 Å². The van der Waals surface area contributed by atoms with Gasteiger partial charge in [-0.05, 0) is 32.0 Å². The molecule has 0 saturated heterocycles. The van der Waals surface area contributed by atoms with E-state index in [1.54, 1.807) is 19.9 Å². The van der Waals surface area contributed by atoms with Crippen LogP contribution in [0, 0.1) is 5.82 Å². The lowest BCUT2D eigenvalue weighted by Crippen LogP contribution is -2.29. The standard InChI is InChI=1S/C14H16FN3O3/c1-14(2,20-3)7-12(19)17-9-4-5-10(11(15)6-9)13-18-16-8-21-13/h4-6,8H,7H2,1-3H3,(H,17,19). The van der Waals surface area contributed by atoms with Crippen LogP contribution < -0.4 is 5.32 Å². The van der Waals surface area contributed by atoms with Gasteiger partial charge in [0.1, 0.15) is 5.82 Å². The summed E-state index contributed by atoms with van der Waals surface area (Å²) in [5.74, 6) is -0.722. The third kappa shape index (κ3) is 3.85. The molecule has 2 rings (SSSR count). The Kier molecular flexibility index (Phi) is 4.32. The highest BCUT2D eigenvalue weighted by atomic mass is 19.1. The number of carbonyl (C=O) groups is 1. The Morgan fingerprint density at radius 2 is 2.24 bits per heavy atom. The number of methoxy groups -OCH3 is 1. The van der Waals surface area contributed by atoms with Gasteiger partial charge in [-0.3, -0.25) is 4.79 Å². The number of hydrogen-bond donors (Lipinski definition) is 1. The van der Waals surface area contributed by atoms with Crippen molar-refractivity contribution in [3.63, 3.8) is 0 Å². The molecule has 1 amide bonds. The minimum absolute atomic E-state index is 0.0888. The van der Waals surface area contributed by atoms with E-state index in [1.807, 2.05) is 0 Å². The normalized spacial score (nSPS) is 11.4. The van der Waals surface area contributed by atoms with Crippen LogP contribution in [0.3, 0.4) is 0 Å². The van der Waals surface area contributed by atoms with Gasteiger partial charge in [0.2, 0.25) is 18.2 Å². The van der Waals surface area contributed by atoms with Gasteiger partial charge >= 0.3 is 0 Å². The number of ether oxygens (including phenoxy) is 1. The number of anilines is 1. The zero-order chi connectivity index (χ0) is 15.5. The second-order valence-corrected chi connectivity index (χ2v) is 5.13. The number of hydrogen-bond acceptors (Lipinski definition) is 5. The van der Waals surface area contributed by atoms with Crippen LogP contribution in [-0.4, -0.2) is 28.8 Å². The molecule has 0 fully saturated rings. The van der Waals surface area contributed by atoms with Crippen molar-refractivity contribution in [2.75, 3.05) is 12.4 Å². The molecule has 0 aliphatic heterocycles. The van der Waals surface area contributed by atoms with Crippen molar-refractivity contribution in [3.05, 3.63) is 30.4 Å². The molecule has 2 aromatic rings. The summed E-state index contributed by atoms with van der Waals surface area (Å²) in [4.78, 5) is 11.9. The third-order valence-corrected chi connectivity index (χ3v) is 2.98. The molecular weight excluding hydrogens is 277 g/mol. The summed E-state index contributed by atoms with van der Waals surface area (Å²) in [5.41, 5.74) is -0.0397. The average molecular weight is 293 g/mol. The molecule has 0 spiro atoms. The average Bonchev–Trinajstić information content (AvgIpc) is 2.92. The molecule has 21 heavy (non-hydrogen) atoms. The number of nitrogens with one attached hydrogen (secondary N) is 1. The van der Waals surface area contributed by atoms with Crippen molar-refractivity contribution in [2.24, 2.45) is 0 Å². The maximum atomic E-state index is 14.0. The van der Waals surface area contributed by atoms with Gasteiger partial charge in [0.05, 0.1) is 17.6 Å². The maximum absolute atomic E-state index is 14.0. The summed E-state index contributed by atoms with van der Waals surface area (Å²) in [7, 11) is 1.53. The summed E-state index contributed by atoms with van der Waals surface area (Å²) in [6.45, 7) is 3.59. The van der Waals surface area contributed by atoms with Gasteiger partial charge in [-0.1, -0.05) is 0 Å². The highest BCUT2D eigenvalue weighted by Crippen LogP contribution is 2.24. The van der Waals surface area contributed by atoms with Crippen LogP contribution in [0.25, 0.3) is 11.5 Å². The van der Waals surface area contributed by atoms with E-state index in [2.05, 4.69) is 15.5 Å². The second kappa shape index (κ2) is 6.01. The van der Waals surface area contributed by atoms with Crippen LogP contribution in [0.2, 0.25) is 0 Å². The number of aromatic nitrogens is 2. The monoisotopic (exact) mass is 293 g/mol. The van der Waals surface area contributed by atoms with Crippen molar-refractivity contribution in [2.45, 2.75) is 25.9 Å². The Bertz CT molecular complexity index is 626. The molecule has 0 atom stereocenters. The van der Waals surface area contributed by atoms with Gasteiger partial charge in [-0.15, -0.1) is 10.2 Å². The number of nitrogens with zero attached hydrogens (tertiary/aromatic N) is 2. The Hall–Kier alpha value is -2.28. The summed E-state index contributed by atoms with van der Waals surface area (Å²) in [5, 5.41) is 9.75. The summed E-state index contributed by atoms with van der Waals surface area (Å²) in [6, 6.07) is 4.25. The topological polar surface area (TPSA) is 77.2 Å². The molecule has 112 valence electrons. The molecule has 1 heterocycles. The van der Waals surface area contributed by atoms with Crippen LogP contribution >= 0.6 is 0 Å². The quantitative estimate of drug-likeness (QED) is 0.917. The first-order valence-corrected chi connectivity index (χ1v) is 6.32. The number of carbonyl (C=O) groups excluding carboxylic acids is 1. The molecular formula is C14H16FN3O3. The van der Waals surface area contributed by atoms with Crippen LogP contribution in [0.1, 0.15) is 20.3 Å². The van der Waals surface area contributed by atoms with Crippen molar-refractivity contribution < 1.29 is 18.3 Å². The fourth-order valence-electron chi connectivity index (χ4n) is 1.72. The minimum atomic E-state index is -0.577. The predicted molar refractivity (Wildman–Crippen MR) is 74.0 cm³/mol. The van der Waals surface area contributed by atoms with Gasteiger partial charge in [0.25, 0.3) is 0 Å². The highest BCUT2D eigenvalue weighted by molar-refractivity contribution is 5.91. The van der Waals surface area contributed by atoms with E-state index in [-0.39, 0.29) is 23.8 Å². The van der Waals surface area contributed by atoms with E-state index < -0.39 is 11.4 Å². The Labute approximate surface area is 121 Å². The predicted octanol–water partition coefficient (Wildman–Crippen LogP) is 2.63. The van der Waals surface area contributed by atoms with Crippen molar-refractivity contribution in [1.29, 1.82) is 0 Å². The fraction of sp³-hybridized carbons (Fsp3) is 0.357. The van der Waals surface area contributed by atoms with E-state index in [9.17, 15) is 9.18 Å². The summed E-state index contributed by atoms with van der Waals surface area (Å²) >= 11 is 0. The van der Waals surface area contributed by atoms with Gasteiger partial charge in [-0.2, -0.15) is 0 Å². The minimum Gasteiger partial charge on any atom is -0.423 e. The molecule has 1 aromatic carbocycles. The first-order valence-electron chi connectivity index (χ1n) is 6.32. The highest BCUT2D eigenvalue weighted by Gasteiger charge is 2.21. The largest absolute Gasteiger partial charge is 0.423 e. The molecule has 0 unspecified atom stereocenters. The number of benzene rings is 1. The Balaban J connectivity index is 2.09. The number of amides is 1. The maximum Gasteiger partial charge on any atom is 0.250 e. The van der Waals surface area contributed by atoms with E-state index >= 15 is 0 Å². The lowest BCUT2D eigenvalue weighted by atomic mass is 10.0. The van der Waals surface area contributed by atoms with Crippen LogP contribution in [0.4, 0.5) is 10.1 Å². The smallest absolute Gasteiger partial charge is 0.250 e. The molecule has 0 bridgehead atoms. The van der Waals surface area contributed by atoms with Crippen molar-refractivity contribution >= 4 is 11.6 Å². The van der Waals surface area contributed by atoms with Gasteiger partial charge in [0, 0.05) is 12.8 Å². The molecule has 7 heteroatoms. The molecule has 0 radical (unpaired) electrons. The molecule has 1 aromatic heterocycles. The molecule has 0 aliphatic rings. The van der Waals surface area contributed by atoms with Gasteiger partial charge in [-0.25, -0.2) is 4.39 Å². The van der Waals surface area contributed by atoms with Crippen LogP contribution in [-0.2, 0) is 9.53 Å². The summed E-state index contributed by atoms with van der Waals surface area (Å²) in [6.07, 6.45) is 1.29. The molecule has 6 nitrogen and oxygen atoms in total. The Morgan fingerprint density at radius 1 is 1.48 bits per heavy atom. The van der Waals surface area contributed by atoms with Crippen molar-refractivity contribution in [3.8, 4) is 11.5 Å². The van der Waals surface area contributed by atoms with E-state index in [0.717, 1.165) is 6.39 Å². The van der Waals surface area contributed by atoms with Crippen LogP contribution in [0.15, 0.2) is 29.0 Å². The SMILES string of the molecule is COC(C)(C)CC(=O)Nc1ccc(-c2nnco2)c(F)c1. The number of rotatable bonds is 5. The summed E-state index contributed by atoms with van der Waals surface area (Å²) < 4.78 is 24.1. The fourth-order valence-corrected chi connectivity index (χ4v) is 1.72. The first kappa shape index (κ1) is 15.1. The van der Waals surface area contributed by atoms with E-state index in [4.69, 9.17) is 9.15 Å². The zero-order valence-corrected chi connectivity index (χ0v) is 12.0. The second-order valence-electron chi connectivity index (χ2n) is 5.13. The number of halogens is 1. The Morgan fingerprint density at radius 3 is 2.81 bits per heavy atom. The van der Waals surface area contributed by atoms with E-state index in [1.165, 1.54) is 19.2 Å². The first-order chi connectivity index (χ1) is 9.91. The molecule has 0 saturated carbocycles. The van der Waals surface area contributed by atoms with Gasteiger partial charge in [0.15, 0.2) is 0 Å². The van der Waals surface area contributed by atoms with Crippen molar-refractivity contribution in [1.82, 2.24) is 10.2 Å². The zero-order valence-electron chi connectivity index (χ0n) is 12.0. The lowest BCUT2D eigenvalue weighted by Gasteiger charge is -2.21. The van der Waals surface area contributed by atoms with Gasteiger partial charge < -0.3 is 14.5 Å². The van der Waals surface area contributed by atoms with Crippen LogP contribution in [0.5, 0.6) is 0 Å². The lowest BCUT2D eigenvalue weighted by molar-refractivity contribution is -0.121. The molecule has 0 aliphatic carbocycles. The third-order valence-electron chi connectivity index (χ3n) is 2.98. The molecule has 1 N–H and O–H groups in total.